The second-order valence-corrected chi connectivity index (χ2v) is 9.93. The summed E-state index contributed by atoms with van der Waals surface area (Å²) in [5.41, 5.74) is 10.3. The highest BCUT2D eigenvalue weighted by molar-refractivity contribution is 5.52. The van der Waals surface area contributed by atoms with Gasteiger partial charge in [0.2, 0.25) is 0 Å². The minimum Gasteiger partial charge on any atom is -0.0617 e. The van der Waals surface area contributed by atoms with Crippen LogP contribution in [0.4, 0.5) is 0 Å². The molecule has 0 bridgehead atoms. The van der Waals surface area contributed by atoms with Crippen LogP contribution in [0.5, 0.6) is 0 Å². The molecule has 162 valence electrons. The van der Waals surface area contributed by atoms with Crippen molar-refractivity contribution in [3.8, 4) is 0 Å². The van der Waals surface area contributed by atoms with Crippen LogP contribution in [-0.2, 0) is 10.8 Å². The van der Waals surface area contributed by atoms with Crippen LogP contribution in [-0.4, -0.2) is 0 Å². The molecule has 0 nitrogen and oxygen atoms in total. The second kappa shape index (κ2) is 8.43. The van der Waals surface area contributed by atoms with Gasteiger partial charge in [-0.05, 0) is 55.5 Å². The van der Waals surface area contributed by atoms with E-state index in [1.807, 2.05) is 0 Å². The summed E-state index contributed by atoms with van der Waals surface area (Å²) in [6.07, 6.45) is 0. The predicted octanol–water partition coefficient (Wildman–Crippen LogP) is 8.29. The number of aryl methyl sites for hydroxylation is 3. The van der Waals surface area contributed by atoms with Crippen LogP contribution in [0.2, 0.25) is 0 Å². The van der Waals surface area contributed by atoms with Crippen LogP contribution in [0.15, 0.2) is 97.1 Å². The van der Waals surface area contributed by atoms with Gasteiger partial charge in [-0.1, -0.05) is 128 Å². The van der Waals surface area contributed by atoms with Gasteiger partial charge in [-0.15, -0.1) is 0 Å². The molecule has 0 saturated carbocycles. The van der Waals surface area contributed by atoms with E-state index in [9.17, 15) is 0 Å². The fourth-order valence-electron chi connectivity index (χ4n) is 4.70. The van der Waals surface area contributed by atoms with Crippen molar-refractivity contribution < 1.29 is 0 Å². The first-order valence-corrected chi connectivity index (χ1v) is 11.5. The SMILES string of the molecule is Cc1ccc(C(C)(C)c2ccc(C(C)(c3ccc(C)cc3)c3cccc(C)c3)cc2)cc1. The molecule has 0 aliphatic rings. The minimum absolute atomic E-state index is 0.0458. The highest BCUT2D eigenvalue weighted by Crippen LogP contribution is 2.40. The van der Waals surface area contributed by atoms with E-state index < -0.39 is 0 Å². The van der Waals surface area contributed by atoms with Gasteiger partial charge in [0.1, 0.15) is 0 Å². The van der Waals surface area contributed by atoms with Crippen molar-refractivity contribution in [3.05, 3.63) is 142 Å². The van der Waals surface area contributed by atoms with Gasteiger partial charge in [-0.25, -0.2) is 0 Å². The Balaban J connectivity index is 1.80. The number of rotatable bonds is 5. The van der Waals surface area contributed by atoms with Crippen LogP contribution in [0, 0.1) is 20.8 Å². The monoisotopic (exact) mass is 418 g/mol. The van der Waals surface area contributed by atoms with Crippen molar-refractivity contribution in [1.82, 2.24) is 0 Å². The summed E-state index contributed by atoms with van der Waals surface area (Å²) in [4.78, 5) is 0. The molecule has 4 aromatic rings. The summed E-state index contributed by atoms with van der Waals surface area (Å²) >= 11 is 0. The van der Waals surface area contributed by atoms with E-state index in [1.165, 1.54) is 44.5 Å². The molecule has 1 atom stereocenters. The topological polar surface area (TPSA) is 0 Å². The molecule has 0 radical (unpaired) electrons. The van der Waals surface area contributed by atoms with E-state index >= 15 is 0 Å². The lowest BCUT2D eigenvalue weighted by Gasteiger charge is -2.33. The lowest BCUT2D eigenvalue weighted by atomic mass is 9.69. The van der Waals surface area contributed by atoms with Gasteiger partial charge in [0.05, 0.1) is 0 Å². The number of benzene rings is 4. The summed E-state index contributed by atoms with van der Waals surface area (Å²) in [7, 11) is 0. The first-order chi connectivity index (χ1) is 15.2. The van der Waals surface area contributed by atoms with Crippen molar-refractivity contribution >= 4 is 0 Å². The first kappa shape index (κ1) is 22.1. The third-order valence-electron chi connectivity index (χ3n) is 7.18. The van der Waals surface area contributed by atoms with E-state index in [1.54, 1.807) is 0 Å². The van der Waals surface area contributed by atoms with E-state index in [0.29, 0.717) is 0 Å². The fraction of sp³-hybridized carbons (Fsp3) is 0.250. The van der Waals surface area contributed by atoms with Crippen LogP contribution >= 0.6 is 0 Å². The van der Waals surface area contributed by atoms with Crippen LogP contribution in [0.25, 0.3) is 0 Å². The van der Waals surface area contributed by atoms with Crippen molar-refractivity contribution in [2.45, 2.75) is 52.4 Å². The molecule has 0 spiro atoms. The Morgan fingerprint density at radius 1 is 0.406 bits per heavy atom. The predicted molar refractivity (Wildman–Crippen MR) is 138 cm³/mol. The second-order valence-electron chi connectivity index (χ2n) is 9.93. The van der Waals surface area contributed by atoms with Gasteiger partial charge in [0.15, 0.2) is 0 Å². The third kappa shape index (κ3) is 4.02. The molecule has 32 heavy (non-hydrogen) atoms. The third-order valence-corrected chi connectivity index (χ3v) is 7.18. The highest BCUT2D eigenvalue weighted by Gasteiger charge is 2.32. The zero-order valence-electron chi connectivity index (χ0n) is 20.2. The fourth-order valence-corrected chi connectivity index (χ4v) is 4.70. The van der Waals surface area contributed by atoms with Crippen molar-refractivity contribution in [2.75, 3.05) is 0 Å². The summed E-state index contributed by atoms with van der Waals surface area (Å²) in [6.45, 7) is 13.4. The maximum absolute atomic E-state index is 2.35. The molecular formula is C32H34. The molecule has 0 aromatic heterocycles. The van der Waals surface area contributed by atoms with Crippen molar-refractivity contribution in [1.29, 1.82) is 0 Å². The van der Waals surface area contributed by atoms with Crippen molar-refractivity contribution in [2.24, 2.45) is 0 Å². The lowest BCUT2D eigenvalue weighted by Crippen LogP contribution is -2.26. The zero-order valence-corrected chi connectivity index (χ0v) is 20.2. The first-order valence-electron chi connectivity index (χ1n) is 11.5. The van der Waals surface area contributed by atoms with Gasteiger partial charge in [-0.2, -0.15) is 0 Å². The molecule has 0 aliphatic heterocycles. The lowest BCUT2D eigenvalue weighted by molar-refractivity contribution is 0.637. The highest BCUT2D eigenvalue weighted by atomic mass is 14.3. The molecular weight excluding hydrogens is 384 g/mol. The normalized spacial score (nSPS) is 13.6. The molecule has 1 unspecified atom stereocenters. The largest absolute Gasteiger partial charge is 0.0617 e. The van der Waals surface area contributed by atoms with Crippen LogP contribution in [0.1, 0.15) is 65.3 Å². The average Bonchev–Trinajstić information content (AvgIpc) is 2.79. The molecule has 0 saturated heterocycles. The summed E-state index contributed by atoms with van der Waals surface area (Å²) in [6, 6.07) is 36.1. The Morgan fingerprint density at radius 2 is 0.812 bits per heavy atom. The van der Waals surface area contributed by atoms with Gasteiger partial charge >= 0.3 is 0 Å². The molecule has 0 fully saturated rings. The Hall–Kier alpha value is -3.12. The molecule has 4 rings (SSSR count). The Bertz CT molecular complexity index is 1190. The smallest absolute Gasteiger partial charge is 0.0423 e. The van der Waals surface area contributed by atoms with Gasteiger partial charge in [0, 0.05) is 10.8 Å². The Labute approximate surface area is 194 Å². The summed E-state index contributed by atoms with van der Waals surface area (Å²) < 4.78 is 0. The Morgan fingerprint density at radius 3 is 1.28 bits per heavy atom. The minimum atomic E-state index is -0.216. The van der Waals surface area contributed by atoms with Gasteiger partial charge in [0.25, 0.3) is 0 Å². The quantitative estimate of drug-likeness (QED) is 0.286. The molecule has 0 amide bonds. The standard InChI is InChI=1S/C32H34/c1-23-10-14-26(15-11-23)31(4,5)27-18-20-29(21-19-27)32(6,28-16-12-24(2)13-17-28)30-9-7-8-25(3)22-30/h7-22H,1-6H3. The van der Waals surface area contributed by atoms with Crippen LogP contribution in [0.3, 0.4) is 0 Å². The molecule has 4 aromatic carbocycles. The van der Waals surface area contributed by atoms with E-state index in [-0.39, 0.29) is 10.8 Å². The van der Waals surface area contributed by atoms with E-state index in [2.05, 4.69) is 139 Å². The molecule has 0 N–H and O–H groups in total. The number of hydrogen-bond acceptors (Lipinski definition) is 0. The molecule has 0 aliphatic carbocycles. The van der Waals surface area contributed by atoms with Gasteiger partial charge in [-0.3, -0.25) is 0 Å². The Kier molecular flexibility index (Phi) is 5.82. The maximum Gasteiger partial charge on any atom is 0.0423 e. The molecule has 0 heteroatoms. The van der Waals surface area contributed by atoms with E-state index in [0.717, 1.165) is 0 Å². The van der Waals surface area contributed by atoms with Crippen LogP contribution < -0.4 is 0 Å². The maximum atomic E-state index is 2.35. The average molecular weight is 419 g/mol. The molecule has 0 heterocycles. The van der Waals surface area contributed by atoms with Crippen molar-refractivity contribution in [3.63, 3.8) is 0 Å². The van der Waals surface area contributed by atoms with Gasteiger partial charge < -0.3 is 0 Å². The summed E-state index contributed by atoms with van der Waals surface area (Å²) in [5, 5.41) is 0. The number of hydrogen-bond donors (Lipinski definition) is 0. The zero-order chi connectivity index (χ0) is 22.9. The summed E-state index contributed by atoms with van der Waals surface area (Å²) in [5.74, 6) is 0. The van der Waals surface area contributed by atoms with E-state index in [4.69, 9.17) is 0 Å².